The number of ether oxygens (including phenoxy) is 3. The van der Waals surface area contributed by atoms with Crippen LogP contribution >= 0.6 is 11.8 Å². The predicted molar refractivity (Wildman–Crippen MR) is 182 cm³/mol. The first-order valence-corrected chi connectivity index (χ1v) is 19.1. The monoisotopic (exact) mass is 718 g/mol. The maximum absolute atomic E-state index is 12.6. The fourth-order valence-corrected chi connectivity index (χ4v) is 9.01. The van der Waals surface area contributed by atoms with Gasteiger partial charge in [-0.25, -0.2) is 9.69 Å². The zero-order chi connectivity index (χ0) is 35.7. The third-order valence-corrected chi connectivity index (χ3v) is 12.1. The van der Waals surface area contributed by atoms with Crippen LogP contribution in [0, 0.1) is 11.3 Å². The van der Waals surface area contributed by atoms with Crippen molar-refractivity contribution in [3.05, 3.63) is 23.8 Å². The molecule has 49 heavy (non-hydrogen) atoms. The highest BCUT2D eigenvalue weighted by molar-refractivity contribution is 8.01. The van der Waals surface area contributed by atoms with Crippen molar-refractivity contribution in [3.63, 3.8) is 0 Å². The van der Waals surface area contributed by atoms with Crippen LogP contribution < -0.4 is 14.8 Å². The number of carbonyl (C=O) groups excluding carboxylic acids is 5. The maximum atomic E-state index is 12.6. The van der Waals surface area contributed by atoms with Crippen LogP contribution in [0.25, 0.3) is 0 Å². The topological polar surface area (TPSA) is 178 Å². The maximum Gasteiger partial charge on any atom is 0.332 e. The summed E-state index contributed by atoms with van der Waals surface area (Å²) in [6.45, 7) is 7.69. The summed E-state index contributed by atoms with van der Waals surface area (Å²) in [4.78, 5) is 62.1. The summed E-state index contributed by atoms with van der Waals surface area (Å²) in [6.07, 6.45) is 8.16. The Labute approximate surface area is 294 Å². The second-order valence-corrected chi connectivity index (χ2v) is 16.7. The fraction of sp³-hybridized carbons (Fsp3) is 0.647. The molecule has 0 aliphatic carbocycles. The molecular formula is C34H46N4O9S2. The highest BCUT2D eigenvalue weighted by Gasteiger charge is 2.64. The van der Waals surface area contributed by atoms with Gasteiger partial charge >= 0.3 is 5.97 Å². The first-order valence-electron chi connectivity index (χ1n) is 16.8. The number of imide groups is 1. The van der Waals surface area contributed by atoms with Crippen molar-refractivity contribution in [2.45, 2.75) is 119 Å². The highest BCUT2D eigenvalue weighted by atomic mass is 32.2. The minimum atomic E-state index is -0.906. The molecule has 1 aromatic carbocycles. The number of nitriles is 1. The number of nitrogens with zero attached hydrogens (tertiary/aromatic N) is 3. The second-order valence-electron chi connectivity index (χ2n) is 13.0. The van der Waals surface area contributed by atoms with Gasteiger partial charge in [-0.15, -0.1) is 11.8 Å². The van der Waals surface area contributed by atoms with E-state index in [1.807, 2.05) is 18.2 Å². The third kappa shape index (κ3) is 9.61. The van der Waals surface area contributed by atoms with Gasteiger partial charge in [0, 0.05) is 24.0 Å². The van der Waals surface area contributed by atoms with Gasteiger partial charge in [0.15, 0.2) is 18.2 Å². The van der Waals surface area contributed by atoms with Crippen molar-refractivity contribution < 1.29 is 42.7 Å². The Morgan fingerprint density at radius 3 is 2.49 bits per heavy atom. The largest absolute Gasteiger partial charge is 0.616 e. The Bertz CT molecular complexity index is 1420. The van der Waals surface area contributed by atoms with Crippen LogP contribution in [0.1, 0.15) is 91.0 Å². The quantitative estimate of drug-likeness (QED) is 0.0922. The number of β-lactam (4-membered cyclic amide) rings is 1. The SMILES string of the molecule is CC1(C)S[C@@H]2C(NC(=O)CC#N)C(=O)N2[C@H]1C(=O)OCN1C(=O)CCC1=O.CCCCCCCC[S+]([O-])C(C)Cc1ccc2c(c1)OCO2. The lowest BCUT2D eigenvalue weighted by atomic mass is 9.96. The van der Waals surface area contributed by atoms with Crippen molar-refractivity contribution in [1.29, 1.82) is 5.26 Å². The Kier molecular flexibility index (Phi) is 13.6. The summed E-state index contributed by atoms with van der Waals surface area (Å²) in [5, 5.41) is 10.8. The summed E-state index contributed by atoms with van der Waals surface area (Å²) in [5.74, 6) is -0.0333. The number of nitrogens with one attached hydrogen (secondary N) is 1. The molecule has 4 aliphatic heterocycles. The Morgan fingerprint density at radius 2 is 1.80 bits per heavy atom. The van der Waals surface area contributed by atoms with E-state index in [-0.39, 0.29) is 24.5 Å². The number of esters is 1. The Balaban J connectivity index is 0.000000226. The normalized spacial score (nSPS) is 22.8. The van der Waals surface area contributed by atoms with Crippen molar-refractivity contribution in [2.24, 2.45) is 0 Å². The molecule has 0 bridgehead atoms. The van der Waals surface area contributed by atoms with E-state index in [2.05, 4.69) is 19.2 Å². The minimum absolute atomic E-state index is 0.0952. The van der Waals surface area contributed by atoms with Crippen LogP contribution in [-0.4, -0.2) is 90.7 Å². The molecule has 3 unspecified atom stereocenters. The van der Waals surface area contributed by atoms with Gasteiger partial charge in [0.1, 0.15) is 34.9 Å². The van der Waals surface area contributed by atoms with Crippen LogP contribution in [0.4, 0.5) is 0 Å². The van der Waals surface area contributed by atoms with Crippen LogP contribution in [-0.2, 0) is 46.3 Å². The molecule has 15 heteroatoms. The molecule has 13 nitrogen and oxygen atoms in total. The van der Waals surface area contributed by atoms with Gasteiger partial charge in [-0.3, -0.25) is 19.2 Å². The van der Waals surface area contributed by atoms with Crippen LogP contribution in [0.15, 0.2) is 18.2 Å². The number of rotatable bonds is 15. The number of likely N-dealkylation sites (tertiary alicyclic amines) is 1. The molecule has 0 saturated carbocycles. The molecule has 5 atom stereocenters. The number of benzene rings is 1. The van der Waals surface area contributed by atoms with Crippen molar-refractivity contribution in [2.75, 3.05) is 19.3 Å². The molecule has 3 saturated heterocycles. The first-order chi connectivity index (χ1) is 23.4. The Hall–Kier alpha value is -3.48. The molecule has 1 aromatic rings. The summed E-state index contributed by atoms with van der Waals surface area (Å²) in [5.41, 5.74) is 1.17. The van der Waals surface area contributed by atoms with Crippen molar-refractivity contribution >= 4 is 52.5 Å². The number of unbranched alkanes of at least 4 members (excludes halogenated alkanes) is 5. The average molecular weight is 719 g/mol. The molecule has 4 aliphatic rings. The van der Waals surface area contributed by atoms with Crippen molar-refractivity contribution in [1.82, 2.24) is 15.1 Å². The Morgan fingerprint density at radius 1 is 1.12 bits per heavy atom. The number of carbonyl (C=O) groups is 5. The van der Waals surface area contributed by atoms with Crippen molar-refractivity contribution in [3.8, 4) is 17.6 Å². The molecule has 0 spiro atoms. The smallest absolute Gasteiger partial charge is 0.332 e. The van der Waals surface area contributed by atoms with Gasteiger partial charge in [-0.2, -0.15) is 5.26 Å². The fourth-order valence-electron chi connectivity index (χ4n) is 6.12. The lowest BCUT2D eigenvalue weighted by Gasteiger charge is -2.43. The summed E-state index contributed by atoms with van der Waals surface area (Å²) in [6, 6.07) is 6.02. The summed E-state index contributed by atoms with van der Waals surface area (Å²) < 4.78 is 27.5. The highest BCUT2D eigenvalue weighted by Crippen LogP contribution is 2.51. The third-order valence-electron chi connectivity index (χ3n) is 8.82. The van der Waals surface area contributed by atoms with E-state index in [1.54, 1.807) is 19.9 Å². The lowest BCUT2D eigenvalue weighted by Crippen LogP contribution is -2.70. The molecule has 0 aromatic heterocycles. The number of hydrogen-bond acceptors (Lipinski definition) is 11. The van der Waals surface area contributed by atoms with Gasteiger partial charge in [0.05, 0.1) is 6.07 Å². The lowest BCUT2D eigenvalue weighted by molar-refractivity contribution is -0.169. The van der Waals surface area contributed by atoms with Crippen LogP contribution in [0.2, 0.25) is 0 Å². The van der Waals surface area contributed by atoms with E-state index in [0.717, 1.165) is 35.0 Å². The number of hydrogen-bond donors (Lipinski definition) is 1. The van der Waals surface area contributed by atoms with E-state index < -0.39 is 69.7 Å². The molecule has 3 fully saturated rings. The zero-order valence-electron chi connectivity index (χ0n) is 28.6. The van der Waals surface area contributed by atoms with E-state index in [4.69, 9.17) is 19.5 Å². The van der Waals surface area contributed by atoms with Gasteiger partial charge in [-0.1, -0.05) is 49.8 Å². The van der Waals surface area contributed by atoms with E-state index >= 15 is 0 Å². The van der Waals surface area contributed by atoms with E-state index in [0.29, 0.717) is 6.79 Å². The number of thioether (sulfide) groups is 1. The molecule has 0 radical (unpaired) electrons. The van der Waals surface area contributed by atoms with Crippen LogP contribution in [0.5, 0.6) is 11.5 Å². The van der Waals surface area contributed by atoms with Gasteiger partial charge in [-0.05, 0) is 51.3 Å². The van der Waals surface area contributed by atoms with E-state index in [9.17, 15) is 28.5 Å². The zero-order valence-corrected chi connectivity index (χ0v) is 30.2. The first kappa shape index (κ1) is 38.3. The summed E-state index contributed by atoms with van der Waals surface area (Å²) in [7, 11) is 0. The number of fused-ring (bicyclic) bond motifs is 2. The molecule has 4 amide bonds. The van der Waals surface area contributed by atoms with E-state index in [1.165, 1.54) is 54.3 Å². The predicted octanol–water partition coefficient (Wildman–Crippen LogP) is 3.55. The van der Waals surface area contributed by atoms with Gasteiger partial charge in [0.25, 0.3) is 0 Å². The average Bonchev–Trinajstić information content (AvgIpc) is 3.73. The molecule has 4 heterocycles. The molecule has 1 N–H and O–H groups in total. The standard InChI is InChI=1S/C18H28O3S.C16H18N4O6S/c1-3-4-5-6-7-8-11-22(19)15(2)12-16-9-10-17-18(13-16)21-14-20-17;1-16(2)12(15(25)26-7-19-9(22)3-4-10(19)23)20-13(24)11(14(20)27-16)18-8(21)5-6-17/h9-10,13,15H,3-8,11-12,14H2,1-2H3;11-12,14H,3-5,7H2,1-2H3,(H,18,21)/t;11?,12-,14+/m.0/s1. The summed E-state index contributed by atoms with van der Waals surface area (Å²) >= 11 is 0.601. The molecule has 5 rings (SSSR count). The molecule has 268 valence electrons. The second kappa shape index (κ2) is 17.4. The van der Waals surface area contributed by atoms with Gasteiger partial charge < -0.3 is 29.0 Å². The van der Waals surface area contributed by atoms with Gasteiger partial charge in [0.2, 0.25) is 30.4 Å². The van der Waals surface area contributed by atoms with Crippen LogP contribution in [0.3, 0.4) is 0 Å². The molecular weight excluding hydrogens is 673 g/mol. The number of amides is 4. The minimum Gasteiger partial charge on any atom is -0.616 e.